The predicted octanol–water partition coefficient (Wildman–Crippen LogP) is 1.66. The van der Waals surface area contributed by atoms with Crippen LogP contribution in [0, 0.1) is 0 Å². The highest BCUT2D eigenvalue weighted by molar-refractivity contribution is 5.07. The average Bonchev–Trinajstić information content (AvgIpc) is 2.72. The van der Waals surface area contributed by atoms with E-state index in [4.69, 9.17) is 0 Å². The SMILES string of the molecule is CCn1ccnc1C1(O)CCCC1. The molecule has 1 N–H and O–H groups in total. The second-order valence-electron chi connectivity index (χ2n) is 3.78. The van der Waals surface area contributed by atoms with Crippen molar-refractivity contribution in [3.63, 3.8) is 0 Å². The Balaban J connectivity index is 2.32. The highest BCUT2D eigenvalue weighted by atomic mass is 16.3. The minimum Gasteiger partial charge on any atom is -0.382 e. The van der Waals surface area contributed by atoms with Gasteiger partial charge in [-0.3, -0.25) is 0 Å². The van der Waals surface area contributed by atoms with Crippen LogP contribution in [0.25, 0.3) is 0 Å². The molecule has 2 rings (SSSR count). The summed E-state index contributed by atoms with van der Waals surface area (Å²) in [4.78, 5) is 4.25. The van der Waals surface area contributed by atoms with E-state index in [1.165, 1.54) is 0 Å². The van der Waals surface area contributed by atoms with Gasteiger partial charge in [-0.15, -0.1) is 0 Å². The second-order valence-corrected chi connectivity index (χ2v) is 3.78. The Labute approximate surface area is 78.4 Å². The summed E-state index contributed by atoms with van der Waals surface area (Å²) >= 11 is 0. The van der Waals surface area contributed by atoms with Gasteiger partial charge in [0.15, 0.2) is 0 Å². The number of imidazole rings is 1. The van der Waals surface area contributed by atoms with Gasteiger partial charge in [-0.25, -0.2) is 4.98 Å². The maximum absolute atomic E-state index is 10.3. The zero-order valence-electron chi connectivity index (χ0n) is 8.03. The molecule has 0 spiro atoms. The first kappa shape index (κ1) is 8.75. The van der Waals surface area contributed by atoms with Gasteiger partial charge in [-0.05, 0) is 32.6 Å². The van der Waals surface area contributed by atoms with E-state index in [1.807, 2.05) is 10.8 Å². The summed E-state index contributed by atoms with van der Waals surface area (Å²) in [6.45, 7) is 2.96. The van der Waals surface area contributed by atoms with E-state index >= 15 is 0 Å². The van der Waals surface area contributed by atoms with Crippen molar-refractivity contribution in [2.24, 2.45) is 0 Å². The van der Waals surface area contributed by atoms with Crippen molar-refractivity contribution in [3.8, 4) is 0 Å². The van der Waals surface area contributed by atoms with E-state index in [9.17, 15) is 5.11 Å². The number of aryl methyl sites for hydroxylation is 1. The maximum Gasteiger partial charge on any atom is 0.140 e. The van der Waals surface area contributed by atoms with Crippen LogP contribution >= 0.6 is 0 Å². The number of hydrogen-bond donors (Lipinski definition) is 1. The minimum absolute atomic E-state index is 0.639. The molecule has 72 valence electrons. The standard InChI is InChI=1S/C10H16N2O/c1-2-12-8-7-11-9(12)10(13)5-3-4-6-10/h7-8,13H,2-6H2,1H3. The highest BCUT2D eigenvalue weighted by Gasteiger charge is 2.36. The molecule has 0 radical (unpaired) electrons. The fourth-order valence-electron chi connectivity index (χ4n) is 2.16. The highest BCUT2D eigenvalue weighted by Crippen LogP contribution is 2.37. The van der Waals surface area contributed by atoms with E-state index in [0.29, 0.717) is 0 Å². The maximum atomic E-state index is 10.3. The van der Waals surface area contributed by atoms with Crippen LogP contribution in [0.4, 0.5) is 0 Å². The lowest BCUT2D eigenvalue weighted by Crippen LogP contribution is -2.25. The van der Waals surface area contributed by atoms with Crippen LogP contribution < -0.4 is 0 Å². The van der Waals surface area contributed by atoms with Gasteiger partial charge >= 0.3 is 0 Å². The second kappa shape index (κ2) is 3.14. The third-order valence-corrected chi connectivity index (χ3v) is 2.90. The lowest BCUT2D eigenvalue weighted by molar-refractivity contribution is 0.0316. The molecule has 0 amide bonds. The molecule has 1 aromatic rings. The van der Waals surface area contributed by atoms with Gasteiger partial charge < -0.3 is 9.67 Å². The van der Waals surface area contributed by atoms with Crippen molar-refractivity contribution >= 4 is 0 Å². The molecular weight excluding hydrogens is 164 g/mol. The van der Waals surface area contributed by atoms with Crippen LogP contribution in [0.15, 0.2) is 12.4 Å². The molecule has 1 saturated carbocycles. The number of aromatic nitrogens is 2. The first-order valence-corrected chi connectivity index (χ1v) is 5.00. The Morgan fingerprint density at radius 2 is 2.23 bits per heavy atom. The van der Waals surface area contributed by atoms with E-state index in [0.717, 1.165) is 38.1 Å². The molecule has 1 heterocycles. The van der Waals surface area contributed by atoms with Crippen LogP contribution in [-0.2, 0) is 12.1 Å². The quantitative estimate of drug-likeness (QED) is 0.751. The molecule has 1 fully saturated rings. The van der Waals surface area contributed by atoms with Gasteiger partial charge in [0.25, 0.3) is 0 Å². The van der Waals surface area contributed by atoms with Gasteiger partial charge in [0.1, 0.15) is 11.4 Å². The topological polar surface area (TPSA) is 38.0 Å². The van der Waals surface area contributed by atoms with Crippen molar-refractivity contribution in [3.05, 3.63) is 18.2 Å². The summed E-state index contributed by atoms with van der Waals surface area (Å²) in [5, 5.41) is 10.3. The molecule has 3 heteroatoms. The summed E-state index contributed by atoms with van der Waals surface area (Å²) < 4.78 is 2.03. The van der Waals surface area contributed by atoms with E-state index in [-0.39, 0.29) is 0 Å². The van der Waals surface area contributed by atoms with E-state index in [1.54, 1.807) is 6.20 Å². The van der Waals surface area contributed by atoms with Crippen molar-refractivity contribution in [1.29, 1.82) is 0 Å². The van der Waals surface area contributed by atoms with Crippen LogP contribution in [0.5, 0.6) is 0 Å². The van der Waals surface area contributed by atoms with Crippen molar-refractivity contribution in [1.82, 2.24) is 9.55 Å². The zero-order valence-corrected chi connectivity index (χ0v) is 8.03. The van der Waals surface area contributed by atoms with Crippen molar-refractivity contribution < 1.29 is 5.11 Å². The summed E-state index contributed by atoms with van der Waals surface area (Å²) in [7, 11) is 0. The molecule has 1 aromatic heterocycles. The molecular formula is C10H16N2O. The summed E-state index contributed by atoms with van der Waals surface area (Å²) in [6, 6.07) is 0. The lowest BCUT2D eigenvalue weighted by atomic mass is 10.0. The van der Waals surface area contributed by atoms with Crippen LogP contribution in [0.1, 0.15) is 38.4 Å². The number of aliphatic hydroxyl groups is 1. The van der Waals surface area contributed by atoms with E-state index < -0.39 is 5.60 Å². The normalized spacial score (nSPS) is 20.8. The summed E-state index contributed by atoms with van der Waals surface area (Å²) in [5.74, 6) is 0.854. The van der Waals surface area contributed by atoms with Crippen molar-refractivity contribution in [2.45, 2.75) is 44.8 Å². The monoisotopic (exact) mass is 180 g/mol. The Hall–Kier alpha value is -0.830. The number of rotatable bonds is 2. The first-order valence-electron chi connectivity index (χ1n) is 5.00. The van der Waals surface area contributed by atoms with Crippen LogP contribution in [0.3, 0.4) is 0 Å². The number of nitrogens with zero attached hydrogens (tertiary/aromatic N) is 2. The summed E-state index contributed by atoms with van der Waals surface area (Å²) in [6.07, 6.45) is 7.68. The Kier molecular flexibility index (Phi) is 2.12. The fraction of sp³-hybridized carbons (Fsp3) is 0.700. The lowest BCUT2D eigenvalue weighted by Gasteiger charge is -2.22. The zero-order chi connectivity index (χ0) is 9.31. The van der Waals surface area contributed by atoms with Gasteiger partial charge in [0.2, 0.25) is 0 Å². The van der Waals surface area contributed by atoms with Gasteiger partial charge in [0.05, 0.1) is 0 Å². The van der Waals surface area contributed by atoms with Crippen LogP contribution in [0.2, 0.25) is 0 Å². The Morgan fingerprint density at radius 1 is 1.54 bits per heavy atom. The molecule has 0 bridgehead atoms. The third-order valence-electron chi connectivity index (χ3n) is 2.90. The smallest absolute Gasteiger partial charge is 0.140 e. The summed E-state index contributed by atoms with van der Waals surface area (Å²) in [5.41, 5.74) is -0.639. The Bertz CT molecular complexity index is 287. The van der Waals surface area contributed by atoms with E-state index in [2.05, 4.69) is 11.9 Å². The molecule has 1 aliphatic carbocycles. The fourth-order valence-corrected chi connectivity index (χ4v) is 2.16. The average molecular weight is 180 g/mol. The largest absolute Gasteiger partial charge is 0.382 e. The molecule has 0 saturated heterocycles. The predicted molar refractivity (Wildman–Crippen MR) is 50.3 cm³/mol. The molecule has 0 aromatic carbocycles. The first-order chi connectivity index (χ1) is 6.26. The number of hydrogen-bond acceptors (Lipinski definition) is 2. The molecule has 0 unspecified atom stereocenters. The molecule has 0 atom stereocenters. The molecule has 13 heavy (non-hydrogen) atoms. The Morgan fingerprint density at radius 3 is 2.85 bits per heavy atom. The van der Waals surface area contributed by atoms with Gasteiger partial charge in [0, 0.05) is 18.9 Å². The van der Waals surface area contributed by atoms with Crippen LogP contribution in [-0.4, -0.2) is 14.7 Å². The third kappa shape index (κ3) is 1.37. The van der Waals surface area contributed by atoms with Crippen molar-refractivity contribution in [2.75, 3.05) is 0 Å². The van der Waals surface area contributed by atoms with Gasteiger partial charge in [-0.2, -0.15) is 0 Å². The molecule has 0 aliphatic heterocycles. The molecule has 3 nitrogen and oxygen atoms in total. The minimum atomic E-state index is -0.639. The molecule has 1 aliphatic rings. The van der Waals surface area contributed by atoms with Gasteiger partial charge in [-0.1, -0.05) is 0 Å².